The number of amides is 1. The average Bonchev–Trinajstić information content (AvgIpc) is 3.21. The highest BCUT2D eigenvalue weighted by atomic mass is 19.1. The molecule has 0 saturated heterocycles. The highest BCUT2D eigenvalue weighted by Gasteiger charge is 2.19. The fourth-order valence-corrected chi connectivity index (χ4v) is 3.37. The zero-order valence-corrected chi connectivity index (χ0v) is 16.8. The molecule has 1 amide bonds. The number of nitrogens with zero attached hydrogens (tertiary/aromatic N) is 3. The Labute approximate surface area is 176 Å². The van der Waals surface area contributed by atoms with E-state index in [1.165, 1.54) is 32.5 Å². The number of hydrogen-bond donors (Lipinski definition) is 1. The zero-order valence-electron chi connectivity index (χ0n) is 16.8. The van der Waals surface area contributed by atoms with Crippen LogP contribution in [0.5, 0.6) is 5.75 Å². The van der Waals surface area contributed by atoms with Crippen LogP contribution < -0.4 is 9.64 Å². The third-order valence-corrected chi connectivity index (χ3v) is 5.01. The summed E-state index contributed by atoms with van der Waals surface area (Å²) in [5.41, 5.74) is 3.32. The van der Waals surface area contributed by atoms with Gasteiger partial charge in [-0.1, -0.05) is 6.58 Å². The molecule has 1 N–H and O–H groups in total. The van der Waals surface area contributed by atoms with Crippen molar-refractivity contribution in [3.05, 3.63) is 73.3 Å². The number of anilines is 1. The molecule has 0 aliphatic heterocycles. The Kier molecular flexibility index (Phi) is 5.21. The minimum atomic E-state index is -0.660. The topological polar surface area (TPSA) is 71.1 Å². The number of carbonyl (C=O) groups excluding carboxylic acids is 1. The van der Waals surface area contributed by atoms with Crippen LogP contribution in [0.1, 0.15) is 0 Å². The molecule has 0 atom stereocenters. The fourth-order valence-electron chi connectivity index (χ4n) is 3.37. The average molecular weight is 420 g/mol. The molecule has 3 heterocycles. The van der Waals surface area contributed by atoms with Crippen molar-refractivity contribution in [3.8, 4) is 28.0 Å². The lowest BCUT2D eigenvalue weighted by Gasteiger charge is -2.19. The number of ether oxygens (including phenoxy) is 1. The smallest absolute Gasteiger partial charge is 0.250 e. The first kappa shape index (κ1) is 20.2. The lowest BCUT2D eigenvalue weighted by Crippen LogP contribution is -2.25. The number of fused-ring (bicyclic) bond motifs is 1. The summed E-state index contributed by atoms with van der Waals surface area (Å²) in [4.78, 5) is 24.3. The quantitative estimate of drug-likeness (QED) is 0.374. The van der Waals surface area contributed by atoms with Crippen molar-refractivity contribution in [2.75, 3.05) is 19.1 Å². The van der Waals surface area contributed by atoms with Crippen LogP contribution in [0.2, 0.25) is 0 Å². The monoisotopic (exact) mass is 420 g/mol. The van der Waals surface area contributed by atoms with Gasteiger partial charge in [0.15, 0.2) is 11.6 Å². The summed E-state index contributed by atoms with van der Waals surface area (Å²) in [5, 5.41) is 0.753. The van der Waals surface area contributed by atoms with Crippen molar-refractivity contribution in [1.82, 2.24) is 15.0 Å². The number of methoxy groups -OCH3 is 1. The van der Waals surface area contributed by atoms with Gasteiger partial charge in [-0.25, -0.2) is 14.4 Å². The predicted molar refractivity (Wildman–Crippen MR) is 115 cm³/mol. The van der Waals surface area contributed by atoms with E-state index in [-0.39, 0.29) is 11.4 Å². The number of aromatic amines is 1. The molecular weight excluding hydrogens is 402 g/mol. The van der Waals surface area contributed by atoms with E-state index in [0.717, 1.165) is 21.9 Å². The van der Waals surface area contributed by atoms with Crippen molar-refractivity contribution < 1.29 is 18.3 Å². The summed E-state index contributed by atoms with van der Waals surface area (Å²) < 4.78 is 33.6. The normalized spacial score (nSPS) is 10.8. The van der Waals surface area contributed by atoms with Gasteiger partial charge in [-0.2, -0.15) is 4.39 Å². The van der Waals surface area contributed by atoms with Crippen LogP contribution in [0.3, 0.4) is 0 Å². The van der Waals surface area contributed by atoms with Crippen molar-refractivity contribution in [1.29, 1.82) is 0 Å². The molecule has 0 bridgehead atoms. The minimum absolute atomic E-state index is 0.0122. The number of halogens is 2. The van der Waals surface area contributed by atoms with E-state index < -0.39 is 17.7 Å². The molecule has 8 heteroatoms. The third kappa shape index (κ3) is 3.63. The molecule has 4 aromatic rings. The maximum Gasteiger partial charge on any atom is 0.250 e. The number of pyridine rings is 2. The van der Waals surface area contributed by atoms with E-state index in [1.54, 1.807) is 24.5 Å². The lowest BCUT2D eigenvalue weighted by molar-refractivity contribution is -0.113. The van der Waals surface area contributed by atoms with Gasteiger partial charge in [0.05, 0.1) is 12.8 Å². The Morgan fingerprint density at radius 2 is 1.97 bits per heavy atom. The lowest BCUT2D eigenvalue weighted by atomic mass is 10.0. The Hall–Kier alpha value is -4.07. The molecular formula is C23H18F2N4O2. The van der Waals surface area contributed by atoms with Gasteiger partial charge in [0.1, 0.15) is 5.65 Å². The second-order valence-corrected chi connectivity index (χ2v) is 6.80. The summed E-state index contributed by atoms with van der Waals surface area (Å²) in [6, 6.07) is 7.97. The number of H-pyrrole nitrogens is 1. The Bertz CT molecular complexity index is 1320. The largest absolute Gasteiger partial charge is 0.494 e. The van der Waals surface area contributed by atoms with Gasteiger partial charge >= 0.3 is 0 Å². The van der Waals surface area contributed by atoms with E-state index >= 15 is 0 Å². The first-order valence-corrected chi connectivity index (χ1v) is 9.30. The second-order valence-electron chi connectivity index (χ2n) is 6.80. The SMILES string of the molecule is C=CC(=O)N(C)c1cc(-c2cnc3[nH]cc(-c4ccnc(F)c4)c3c2)cc(OC)c1F. The maximum absolute atomic E-state index is 14.8. The highest BCUT2D eigenvalue weighted by molar-refractivity contribution is 6.01. The second kappa shape index (κ2) is 7.98. The molecule has 0 aliphatic rings. The van der Waals surface area contributed by atoms with E-state index in [9.17, 15) is 13.6 Å². The summed E-state index contributed by atoms with van der Waals surface area (Å²) in [6.07, 6.45) is 5.86. The fraction of sp³-hybridized carbons (Fsp3) is 0.0870. The van der Waals surface area contributed by atoms with Crippen molar-refractivity contribution >= 4 is 22.6 Å². The molecule has 3 aromatic heterocycles. The molecule has 0 unspecified atom stereocenters. The molecule has 0 saturated carbocycles. The van der Waals surface area contributed by atoms with Gasteiger partial charge in [0.25, 0.3) is 0 Å². The number of rotatable bonds is 5. The molecule has 156 valence electrons. The molecule has 0 radical (unpaired) electrons. The van der Waals surface area contributed by atoms with Gasteiger partial charge in [-0.15, -0.1) is 0 Å². The number of likely N-dealkylation sites (N-methyl/N-ethyl adjacent to an activating group) is 1. The summed E-state index contributed by atoms with van der Waals surface area (Å²) in [7, 11) is 2.81. The molecule has 6 nitrogen and oxygen atoms in total. The number of nitrogens with one attached hydrogen (secondary N) is 1. The van der Waals surface area contributed by atoms with E-state index in [1.807, 2.05) is 6.07 Å². The van der Waals surface area contributed by atoms with Crippen LogP contribution in [0.15, 0.2) is 61.6 Å². The van der Waals surface area contributed by atoms with Crippen LogP contribution in [0.4, 0.5) is 14.5 Å². The number of aromatic nitrogens is 3. The van der Waals surface area contributed by atoms with Gasteiger partial charge < -0.3 is 14.6 Å². The predicted octanol–water partition coefficient (Wildman–Crippen LogP) is 4.73. The molecule has 0 fully saturated rings. The first-order valence-electron chi connectivity index (χ1n) is 9.30. The van der Waals surface area contributed by atoms with Gasteiger partial charge in [-0.05, 0) is 41.5 Å². The summed E-state index contributed by atoms with van der Waals surface area (Å²) in [6.45, 7) is 3.44. The van der Waals surface area contributed by atoms with Gasteiger partial charge in [0, 0.05) is 48.2 Å². The number of carbonyl (C=O) groups is 1. The van der Waals surface area contributed by atoms with Gasteiger partial charge in [-0.3, -0.25) is 4.79 Å². The van der Waals surface area contributed by atoms with Crippen molar-refractivity contribution in [2.24, 2.45) is 0 Å². The van der Waals surface area contributed by atoms with E-state index in [2.05, 4.69) is 21.5 Å². The highest BCUT2D eigenvalue weighted by Crippen LogP contribution is 2.36. The van der Waals surface area contributed by atoms with Crippen molar-refractivity contribution in [2.45, 2.75) is 0 Å². The third-order valence-electron chi connectivity index (χ3n) is 5.01. The van der Waals surface area contributed by atoms with Crippen LogP contribution in [0.25, 0.3) is 33.3 Å². The molecule has 4 rings (SSSR count). The van der Waals surface area contributed by atoms with E-state index in [0.29, 0.717) is 22.3 Å². The van der Waals surface area contributed by atoms with Crippen LogP contribution in [-0.2, 0) is 4.79 Å². The minimum Gasteiger partial charge on any atom is -0.494 e. The zero-order chi connectivity index (χ0) is 22.1. The Balaban J connectivity index is 1.88. The number of benzene rings is 1. The standard InChI is InChI=1S/C23H18F2N4O2/c1-4-21(30)29(2)18-8-14(9-19(31-3)22(18)25)15-7-16-17(12-28-23(16)27-11-15)13-5-6-26-20(24)10-13/h4-12H,1H2,2-3H3,(H,27,28). The molecule has 31 heavy (non-hydrogen) atoms. The van der Waals surface area contributed by atoms with Crippen LogP contribution >= 0.6 is 0 Å². The molecule has 0 aliphatic carbocycles. The molecule has 1 aromatic carbocycles. The first-order chi connectivity index (χ1) is 14.9. The van der Waals surface area contributed by atoms with Crippen molar-refractivity contribution in [3.63, 3.8) is 0 Å². The van der Waals surface area contributed by atoms with E-state index in [4.69, 9.17) is 4.74 Å². The molecule has 0 spiro atoms. The van der Waals surface area contributed by atoms with Crippen LogP contribution in [0, 0.1) is 11.8 Å². The summed E-state index contributed by atoms with van der Waals surface area (Å²) in [5.74, 6) is -1.72. The number of hydrogen-bond acceptors (Lipinski definition) is 4. The maximum atomic E-state index is 14.8. The Morgan fingerprint density at radius 3 is 2.68 bits per heavy atom. The van der Waals surface area contributed by atoms with Gasteiger partial charge in [0.2, 0.25) is 11.9 Å². The summed E-state index contributed by atoms with van der Waals surface area (Å²) >= 11 is 0. The van der Waals surface area contributed by atoms with Crippen LogP contribution in [-0.4, -0.2) is 35.0 Å². The Morgan fingerprint density at radius 1 is 1.16 bits per heavy atom.